The summed E-state index contributed by atoms with van der Waals surface area (Å²) >= 11 is 1.47. The number of nitrogens with one attached hydrogen (secondary N) is 1. The van der Waals surface area contributed by atoms with Gasteiger partial charge < -0.3 is 10.2 Å². The Morgan fingerprint density at radius 3 is 2.45 bits per heavy atom. The lowest BCUT2D eigenvalue weighted by atomic mass is 10.1. The van der Waals surface area contributed by atoms with Crippen molar-refractivity contribution in [3.05, 3.63) is 58.7 Å². The van der Waals surface area contributed by atoms with Gasteiger partial charge in [0.05, 0.1) is 17.5 Å². The summed E-state index contributed by atoms with van der Waals surface area (Å²) in [6.45, 7) is 8.14. The van der Waals surface area contributed by atoms with Crippen LogP contribution in [0.5, 0.6) is 0 Å². The molecule has 2 aliphatic rings. The quantitative estimate of drug-likeness (QED) is 0.758. The fourth-order valence-electron chi connectivity index (χ4n) is 4.24. The minimum Gasteiger partial charge on any atom is -0.324 e. The van der Waals surface area contributed by atoms with Gasteiger partial charge in [-0.25, -0.2) is 8.42 Å². The van der Waals surface area contributed by atoms with Gasteiger partial charge in [0.1, 0.15) is 6.54 Å². The number of aryl methyl sites for hydroxylation is 4. The summed E-state index contributed by atoms with van der Waals surface area (Å²) in [6.07, 6.45) is 0. The van der Waals surface area contributed by atoms with Crippen molar-refractivity contribution in [2.75, 3.05) is 28.3 Å². The zero-order valence-electron chi connectivity index (χ0n) is 18.2. The second-order valence-corrected chi connectivity index (χ2v) is 11.8. The molecule has 1 amide bonds. The van der Waals surface area contributed by atoms with Crippen LogP contribution < -0.4 is 10.2 Å². The number of thioether (sulfide) groups is 1. The molecule has 0 aromatic heterocycles. The van der Waals surface area contributed by atoms with Crippen molar-refractivity contribution in [2.45, 2.75) is 39.0 Å². The summed E-state index contributed by atoms with van der Waals surface area (Å²) in [4.78, 5) is 19.7. The summed E-state index contributed by atoms with van der Waals surface area (Å²) < 4.78 is 23.9. The van der Waals surface area contributed by atoms with Crippen molar-refractivity contribution in [3.8, 4) is 0 Å². The fraction of sp³-hybridized carbons (Fsp3) is 0.391. The Morgan fingerprint density at radius 2 is 1.81 bits per heavy atom. The molecule has 1 fully saturated rings. The Bertz CT molecular complexity index is 1150. The maximum Gasteiger partial charge on any atom is 0.244 e. The number of benzene rings is 2. The zero-order valence-corrected chi connectivity index (χ0v) is 19.8. The van der Waals surface area contributed by atoms with Crippen LogP contribution in [0.15, 0.2) is 41.4 Å². The van der Waals surface area contributed by atoms with Crippen molar-refractivity contribution in [1.29, 1.82) is 0 Å². The second-order valence-electron chi connectivity index (χ2n) is 8.46. The number of fused-ring (bicyclic) bond motifs is 1. The van der Waals surface area contributed by atoms with E-state index in [1.165, 1.54) is 11.8 Å². The highest BCUT2D eigenvalue weighted by Gasteiger charge is 2.44. The molecule has 6 nitrogen and oxygen atoms in total. The molecule has 2 aliphatic heterocycles. The molecule has 0 radical (unpaired) electrons. The Kier molecular flexibility index (Phi) is 5.87. The third-order valence-electron chi connectivity index (χ3n) is 5.59. The van der Waals surface area contributed by atoms with Crippen molar-refractivity contribution in [1.82, 2.24) is 0 Å². The molecule has 1 saturated heterocycles. The number of amides is 1. The van der Waals surface area contributed by atoms with E-state index in [0.717, 1.165) is 33.6 Å². The van der Waals surface area contributed by atoms with Crippen LogP contribution in [0.2, 0.25) is 0 Å². The van der Waals surface area contributed by atoms with Gasteiger partial charge in [0.15, 0.2) is 15.0 Å². The topological polar surface area (TPSA) is 78.8 Å². The van der Waals surface area contributed by atoms with Crippen molar-refractivity contribution in [2.24, 2.45) is 4.99 Å². The molecule has 0 bridgehead atoms. The number of hydrogen-bond acceptors (Lipinski definition) is 6. The molecule has 0 saturated carbocycles. The van der Waals surface area contributed by atoms with Gasteiger partial charge in [-0.1, -0.05) is 41.6 Å². The number of anilines is 2. The zero-order chi connectivity index (χ0) is 22.3. The van der Waals surface area contributed by atoms with Gasteiger partial charge in [-0.2, -0.15) is 0 Å². The van der Waals surface area contributed by atoms with Crippen molar-refractivity contribution < 1.29 is 13.2 Å². The third-order valence-corrected chi connectivity index (χ3v) is 8.84. The molecule has 2 atom stereocenters. The predicted molar refractivity (Wildman–Crippen MR) is 129 cm³/mol. The summed E-state index contributed by atoms with van der Waals surface area (Å²) in [7, 11) is -3.03. The number of hydrogen-bond donors (Lipinski definition) is 1. The fourth-order valence-corrected chi connectivity index (χ4v) is 8.02. The molecule has 2 aromatic carbocycles. The predicted octanol–water partition coefficient (Wildman–Crippen LogP) is 3.63. The highest BCUT2D eigenvalue weighted by molar-refractivity contribution is 8.15. The second kappa shape index (κ2) is 8.31. The minimum atomic E-state index is -3.03. The Balaban J connectivity index is 1.60. The Labute approximate surface area is 188 Å². The highest BCUT2D eigenvalue weighted by atomic mass is 32.2. The monoisotopic (exact) mass is 457 g/mol. The van der Waals surface area contributed by atoms with E-state index in [0.29, 0.717) is 5.17 Å². The number of carbonyl (C=O) groups is 1. The molecule has 2 aromatic rings. The van der Waals surface area contributed by atoms with E-state index in [1.807, 2.05) is 56.9 Å². The Morgan fingerprint density at radius 1 is 1.10 bits per heavy atom. The van der Waals surface area contributed by atoms with Crippen LogP contribution in [0.3, 0.4) is 0 Å². The molecule has 8 heteroatoms. The standard InChI is InChI=1S/C23H27N3O3S2/c1-14-6-5-7-18(10-14)26(23-24-19-12-31(28,29)13-20(19)30-23)11-21(27)25-22-16(3)8-15(2)9-17(22)4/h5-10,19-20H,11-13H2,1-4H3,(H,25,27). The molecule has 1 N–H and O–H groups in total. The number of nitrogens with zero attached hydrogens (tertiary/aromatic N) is 2. The van der Waals surface area contributed by atoms with Crippen LogP contribution in [0, 0.1) is 27.7 Å². The first-order valence-electron chi connectivity index (χ1n) is 10.3. The van der Waals surface area contributed by atoms with Crippen LogP contribution in [0.4, 0.5) is 11.4 Å². The maximum absolute atomic E-state index is 13.1. The molecule has 4 rings (SSSR count). The van der Waals surface area contributed by atoms with E-state index in [2.05, 4.69) is 17.4 Å². The molecule has 164 valence electrons. The summed E-state index contributed by atoms with van der Waals surface area (Å²) in [5.74, 6) is 0.0962. The van der Waals surface area contributed by atoms with Crippen LogP contribution in [0.1, 0.15) is 22.3 Å². The van der Waals surface area contributed by atoms with Gasteiger partial charge in [-0.05, 0) is 56.5 Å². The van der Waals surface area contributed by atoms with Gasteiger partial charge in [0.25, 0.3) is 0 Å². The molecule has 31 heavy (non-hydrogen) atoms. The number of sulfone groups is 1. The minimum absolute atomic E-state index is 0.0723. The first-order chi connectivity index (χ1) is 14.6. The van der Waals surface area contributed by atoms with Crippen LogP contribution in [0.25, 0.3) is 0 Å². The van der Waals surface area contributed by atoms with Gasteiger partial charge in [0.2, 0.25) is 5.91 Å². The van der Waals surface area contributed by atoms with Gasteiger partial charge in [0, 0.05) is 16.6 Å². The average molecular weight is 458 g/mol. The van der Waals surface area contributed by atoms with E-state index < -0.39 is 9.84 Å². The maximum atomic E-state index is 13.1. The summed E-state index contributed by atoms with van der Waals surface area (Å²) in [5, 5.41) is 3.71. The van der Waals surface area contributed by atoms with Crippen LogP contribution in [-0.2, 0) is 14.6 Å². The average Bonchev–Trinajstić information content (AvgIpc) is 3.16. The van der Waals surface area contributed by atoms with E-state index in [-0.39, 0.29) is 35.2 Å². The molecular weight excluding hydrogens is 430 g/mol. The van der Waals surface area contributed by atoms with E-state index in [1.54, 1.807) is 0 Å². The smallest absolute Gasteiger partial charge is 0.244 e. The van der Waals surface area contributed by atoms with Gasteiger partial charge in [-0.15, -0.1) is 0 Å². The Hall–Kier alpha value is -2.32. The SMILES string of the molecule is Cc1cccc(N(CC(=O)Nc2c(C)cc(C)cc2C)C2=NC3CS(=O)(=O)CC3S2)c1. The third kappa shape index (κ3) is 4.80. The van der Waals surface area contributed by atoms with E-state index in [4.69, 9.17) is 4.99 Å². The first-order valence-corrected chi connectivity index (χ1v) is 13.0. The summed E-state index contributed by atoms with van der Waals surface area (Å²) in [6, 6.07) is 11.8. The molecule has 2 unspecified atom stereocenters. The lowest BCUT2D eigenvalue weighted by molar-refractivity contribution is -0.114. The molecule has 2 heterocycles. The van der Waals surface area contributed by atoms with Crippen LogP contribution in [-0.4, -0.2) is 48.8 Å². The number of rotatable bonds is 4. The normalized spacial score (nSPS) is 21.5. The molecule has 0 spiro atoms. The number of aliphatic imine (C=N–C) groups is 1. The first kappa shape index (κ1) is 21.9. The largest absolute Gasteiger partial charge is 0.324 e. The van der Waals surface area contributed by atoms with Crippen molar-refractivity contribution in [3.63, 3.8) is 0 Å². The van der Waals surface area contributed by atoms with E-state index >= 15 is 0 Å². The number of amidine groups is 1. The van der Waals surface area contributed by atoms with Crippen molar-refractivity contribution >= 4 is 44.0 Å². The lowest BCUT2D eigenvalue weighted by Crippen LogP contribution is -2.37. The van der Waals surface area contributed by atoms with Crippen LogP contribution >= 0.6 is 11.8 Å². The lowest BCUT2D eigenvalue weighted by Gasteiger charge is -2.25. The highest BCUT2D eigenvalue weighted by Crippen LogP contribution is 2.37. The van der Waals surface area contributed by atoms with E-state index in [9.17, 15) is 13.2 Å². The molecular formula is C23H27N3O3S2. The molecule has 0 aliphatic carbocycles. The number of carbonyl (C=O) groups excluding carboxylic acids is 1. The summed E-state index contributed by atoms with van der Waals surface area (Å²) in [5.41, 5.74) is 6.01. The van der Waals surface area contributed by atoms with Gasteiger partial charge >= 0.3 is 0 Å². The van der Waals surface area contributed by atoms with Gasteiger partial charge in [-0.3, -0.25) is 9.79 Å².